The van der Waals surface area contributed by atoms with Gasteiger partial charge in [0, 0.05) is 0 Å². The van der Waals surface area contributed by atoms with E-state index in [-0.39, 0.29) is 26.3 Å². The molecule has 0 unspecified atom stereocenters. The van der Waals surface area contributed by atoms with Crippen LogP contribution >= 0.6 is 0 Å². The van der Waals surface area contributed by atoms with E-state index in [1.165, 1.54) is 0 Å². The molecule has 0 spiro atoms. The summed E-state index contributed by atoms with van der Waals surface area (Å²) in [5.74, 6) is -1.84. The molecule has 2 N–H and O–H groups in total. The Morgan fingerprint density at radius 2 is 0.950 bits per heavy atom. The molecule has 0 saturated carbocycles. The Hall–Kier alpha value is -1.58. The van der Waals surface area contributed by atoms with Gasteiger partial charge < -0.3 is 0 Å². The fourth-order valence-electron chi connectivity index (χ4n) is 1.40. The van der Waals surface area contributed by atoms with Crippen molar-refractivity contribution in [3.8, 4) is 0 Å². The molecule has 102 valence electrons. The molecule has 0 radical (unpaired) electrons. The minimum atomic E-state index is -0.918. The number of hydrogen-bond acceptors (Lipinski definition) is 2. The zero-order chi connectivity index (χ0) is 14.5. The van der Waals surface area contributed by atoms with E-state index < -0.39 is 11.9 Å². The maximum absolute atomic E-state index is 10.7. The molecule has 4 nitrogen and oxygen atoms in total. The first-order chi connectivity index (χ1) is 9.56. The van der Waals surface area contributed by atoms with Gasteiger partial charge in [0.2, 0.25) is 0 Å². The number of carboxylic acid groups (broad SMARTS) is 2. The van der Waals surface area contributed by atoms with Crippen LogP contribution < -0.4 is 8.92 Å². The molecule has 2 aromatic rings. The zero-order valence-corrected chi connectivity index (χ0v) is 13.6. The molecule has 0 aliphatic rings. The Morgan fingerprint density at radius 1 is 0.650 bits per heavy atom. The summed E-state index contributed by atoms with van der Waals surface area (Å²) in [6.07, 6.45) is 0. The van der Waals surface area contributed by atoms with Crippen molar-refractivity contribution >= 4 is 47.1 Å². The van der Waals surface area contributed by atoms with Gasteiger partial charge in [0.15, 0.2) is 0 Å². The Bertz CT molecular complexity index is 563. The van der Waals surface area contributed by atoms with E-state index in [1.807, 2.05) is 24.3 Å². The van der Waals surface area contributed by atoms with Gasteiger partial charge in [-0.05, 0) is 0 Å². The SMILES string of the molecule is O=C(O)c1ccc([Se][Se]c2ccc(C(=O)O)cc2)cc1. The van der Waals surface area contributed by atoms with Crippen molar-refractivity contribution < 1.29 is 19.8 Å². The second-order valence-electron chi connectivity index (χ2n) is 3.83. The molecule has 0 atom stereocenters. The molecule has 0 fully saturated rings. The minimum absolute atomic E-state index is 0.259. The van der Waals surface area contributed by atoms with E-state index in [1.54, 1.807) is 24.3 Å². The predicted molar refractivity (Wildman–Crippen MR) is 77.6 cm³/mol. The van der Waals surface area contributed by atoms with Gasteiger partial charge in [0.05, 0.1) is 0 Å². The summed E-state index contributed by atoms with van der Waals surface area (Å²) in [4.78, 5) is 21.5. The Labute approximate surface area is 126 Å². The van der Waals surface area contributed by atoms with Gasteiger partial charge in [-0.2, -0.15) is 0 Å². The van der Waals surface area contributed by atoms with E-state index >= 15 is 0 Å². The molecule has 0 aromatic heterocycles. The van der Waals surface area contributed by atoms with Crippen LogP contribution in [-0.4, -0.2) is 48.4 Å². The molecule has 2 aromatic carbocycles. The number of carboxylic acids is 2. The van der Waals surface area contributed by atoms with Gasteiger partial charge in [-0.1, -0.05) is 0 Å². The van der Waals surface area contributed by atoms with Crippen molar-refractivity contribution in [2.45, 2.75) is 0 Å². The Balaban J connectivity index is 1.97. The first-order valence-electron chi connectivity index (χ1n) is 5.57. The van der Waals surface area contributed by atoms with E-state index in [4.69, 9.17) is 10.2 Å². The molecule has 6 heteroatoms. The quantitative estimate of drug-likeness (QED) is 0.711. The summed E-state index contributed by atoms with van der Waals surface area (Å²) < 4.78 is 2.29. The van der Waals surface area contributed by atoms with Crippen molar-refractivity contribution in [3.05, 3.63) is 59.7 Å². The molecule has 0 aliphatic carbocycles. The average molecular weight is 400 g/mol. The predicted octanol–water partition coefficient (Wildman–Crippen LogP) is 0.357. The van der Waals surface area contributed by atoms with Crippen LogP contribution in [0.3, 0.4) is 0 Å². The van der Waals surface area contributed by atoms with Crippen LogP contribution in [0.1, 0.15) is 20.7 Å². The molecule has 2 rings (SSSR count). The summed E-state index contributed by atoms with van der Waals surface area (Å²) >= 11 is 0.517. The summed E-state index contributed by atoms with van der Waals surface area (Å²) in [7, 11) is 0. The summed E-state index contributed by atoms with van der Waals surface area (Å²) in [5.41, 5.74) is 0.589. The van der Waals surface area contributed by atoms with Gasteiger partial charge in [-0.25, -0.2) is 0 Å². The number of carbonyl (C=O) groups is 2. The van der Waals surface area contributed by atoms with Gasteiger partial charge in [-0.3, -0.25) is 0 Å². The van der Waals surface area contributed by atoms with Crippen molar-refractivity contribution in [1.29, 1.82) is 0 Å². The van der Waals surface area contributed by atoms with Crippen LogP contribution in [0.25, 0.3) is 0 Å². The molecule has 0 aliphatic heterocycles. The molecular formula is C14H10O4Se2. The van der Waals surface area contributed by atoms with E-state index in [2.05, 4.69) is 0 Å². The fourth-order valence-corrected chi connectivity index (χ4v) is 7.36. The van der Waals surface area contributed by atoms with E-state index in [9.17, 15) is 9.59 Å². The molecule has 0 amide bonds. The van der Waals surface area contributed by atoms with Gasteiger partial charge in [0.25, 0.3) is 0 Å². The third-order valence-corrected chi connectivity index (χ3v) is 9.67. The summed E-state index contributed by atoms with van der Waals surface area (Å²) in [6.45, 7) is 0. The summed E-state index contributed by atoms with van der Waals surface area (Å²) in [5, 5.41) is 17.6. The number of aromatic carboxylic acids is 2. The normalized spacial score (nSPS) is 10.2. The monoisotopic (exact) mass is 402 g/mol. The van der Waals surface area contributed by atoms with Crippen molar-refractivity contribution in [2.75, 3.05) is 0 Å². The van der Waals surface area contributed by atoms with Crippen LogP contribution in [0.15, 0.2) is 48.5 Å². The number of benzene rings is 2. The summed E-state index contributed by atoms with van der Waals surface area (Å²) in [6, 6.07) is 13.8. The molecule has 20 heavy (non-hydrogen) atoms. The zero-order valence-electron chi connectivity index (χ0n) is 10.1. The standard InChI is InChI=1S/C14H10O4Se2/c15-13(16)9-1-5-11(6-2-9)19-20-12-7-3-10(4-8-12)14(17)18/h1-8H,(H,15,16)(H,17,18). The van der Waals surface area contributed by atoms with Crippen LogP contribution in [0, 0.1) is 0 Å². The van der Waals surface area contributed by atoms with Gasteiger partial charge in [0.1, 0.15) is 0 Å². The van der Waals surface area contributed by atoms with Crippen molar-refractivity contribution in [2.24, 2.45) is 0 Å². The topological polar surface area (TPSA) is 74.6 Å². The van der Waals surface area contributed by atoms with E-state index in [0.717, 1.165) is 8.92 Å². The maximum atomic E-state index is 10.7. The number of hydrogen-bond donors (Lipinski definition) is 2. The van der Waals surface area contributed by atoms with Crippen LogP contribution in [0.4, 0.5) is 0 Å². The first kappa shape index (κ1) is 14.8. The second-order valence-corrected chi connectivity index (χ2v) is 10.1. The Morgan fingerprint density at radius 3 is 1.20 bits per heavy atom. The average Bonchev–Trinajstić information content (AvgIpc) is 2.46. The molecule has 0 saturated heterocycles. The first-order valence-corrected chi connectivity index (χ1v) is 11.6. The number of rotatable bonds is 5. The van der Waals surface area contributed by atoms with Crippen LogP contribution in [0.2, 0.25) is 0 Å². The molecule has 0 heterocycles. The van der Waals surface area contributed by atoms with Crippen LogP contribution in [0.5, 0.6) is 0 Å². The molecular weight excluding hydrogens is 390 g/mol. The van der Waals surface area contributed by atoms with Crippen molar-refractivity contribution in [1.82, 2.24) is 0 Å². The van der Waals surface area contributed by atoms with Gasteiger partial charge in [-0.15, -0.1) is 0 Å². The van der Waals surface area contributed by atoms with Crippen LogP contribution in [-0.2, 0) is 0 Å². The van der Waals surface area contributed by atoms with Gasteiger partial charge >= 0.3 is 127 Å². The second kappa shape index (κ2) is 6.73. The third kappa shape index (κ3) is 3.95. The fraction of sp³-hybridized carbons (Fsp3) is 0. The van der Waals surface area contributed by atoms with Crippen molar-refractivity contribution in [3.63, 3.8) is 0 Å². The Kier molecular flexibility index (Phi) is 4.99. The third-order valence-electron chi connectivity index (χ3n) is 2.44. The molecule has 0 bridgehead atoms. The van der Waals surface area contributed by atoms with E-state index in [0.29, 0.717) is 11.1 Å².